The average Bonchev–Trinajstić information content (AvgIpc) is 2.42. The molecule has 6 heteroatoms. The first-order valence-corrected chi connectivity index (χ1v) is 8.58. The minimum atomic E-state index is -3.29. The van der Waals surface area contributed by atoms with E-state index in [4.69, 9.17) is 0 Å². The van der Waals surface area contributed by atoms with E-state index in [0.29, 0.717) is 12.1 Å². The summed E-state index contributed by atoms with van der Waals surface area (Å²) in [5, 5.41) is 2.80. The van der Waals surface area contributed by atoms with Crippen LogP contribution in [0.15, 0.2) is 29.2 Å². The molecule has 0 fully saturated rings. The first-order chi connectivity index (χ1) is 9.38. The van der Waals surface area contributed by atoms with Crippen molar-refractivity contribution in [3.8, 4) is 0 Å². The van der Waals surface area contributed by atoms with Gasteiger partial charge in [-0.2, -0.15) is 0 Å². The number of nitrogens with one attached hydrogen (secondary N) is 1. The normalized spacial score (nSPS) is 11.6. The predicted molar refractivity (Wildman–Crippen MR) is 79.7 cm³/mol. The second-order valence-electron chi connectivity index (χ2n) is 4.58. The number of amides is 1. The Bertz CT molecular complexity index is 551. The van der Waals surface area contributed by atoms with Gasteiger partial charge in [0.2, 0.25) is 0 Å². The molecule has 0 saturated carbocycles. The molecule has 0 unspecified atom stereocenters. The Balaban J connectivity index is 2.65. The van der Waals surface area contributed by atoms with Crippen LogP contribution in [0.5, 0.6) is 0 Å². The van der Waals surface area contributed by atoms with Gasteiger partial charge >= 0.3 is 0 Å². The van der Waals surface area contributed by atoms with Crippen molar-refractivity contribution in [1.82, 2.24) is 10.2 Å². The molecule has 1 aromatic rings. The predicted octanol–water partition coefficient (Wildman–Crippen LogP) is 1.16. The molecule has 1 amide bonds. The van der Waals surface area contributed by atoms with Crippen LogP contribution in [0.25, 0.3) is 0 Å². The molecular weight excluding hydrogens is 276 g/mol. The van der Waals surface area contributed by atoms with E-state index in [2.05, 4.69) is 24.1 Å². The molecule has 0 aromatic heterocycles. The number of carbonyl (C=O) groups excluding carboxylic acids is 1. The maximum absolute atomic E-state index is 12.0. The maximum atomic E-state index is 12.0. The van der Waals surface area contributed by atoms with Crippen LogP contribution in [0.1, 0.15) is 24.2 Å². The SMILES string of the molecule is CCN(CC)CCNC(=O)c1cccc(S(C)(=O)=O)c1. The first kappa shape index (κ1) is 16.7. The topological polar surface area (TPSA) is 66.5 Å². The lowest BCUT2D eigenvalue weighted by Crippen LogP contribution is -2.34. The molecule has 1 rings (SSSR count). The number of hydrogen-bond donors (Lipinski definition) is 1. The number of sulfone groups is 1. The number of rotatable bonds is 7. The third kappa shape index (κ3) is 4.94. The van der Waals surface area contributed by atoms with E-state index in [1.54, 1.807) is 12.1 Å². The van der Waals surface area contributed by atoms with Gasteiger partial charge in [0, 0.05) is 24.9 Å². The molecule has 0 radical (unpaired) electrons. The van der Waals surface area contributed by atoms with Crippen molar-refractivity contribution in [2.75, 3.05) is 32.4 Å². The molecule has 0 aliphatic carbocycles. The Labute approximate surface area is 120 Å². The molecule has 1 N–H and O–H groups in total. The summed E-state index contributed by atoms with van der Waals surface area (Å²) < 4.78 is 22.9. The van der Waals surface area contributed by atoms with E-state index in [9.17, 15) is 13.2 Å². The van der Waals surface area contributed by atoms with Crippen LogP contribution in [0.2, 0.25) is 0 Å². The Morgan fingerprint density at radius 3 is 2.45 bits per heavy atom. The van der Waals surface area contributed by atoms with Crippen molar-refractivity contribution in [3.63, 3.8) is 0 Å². The zero-order chi connectivity index (χ0) is 15.2. The van der Waals surface area contributed by atoms with Crippen LogP contribution in [0.3, 0.4) is 0 Å². The largest absolute Gasteiger partial charge is 0.351 e. The molecule has 0 spiro atoms. The highest BCUT2D eigenvalue weighted by Crippen LogP contribution is 2.11. The summed E-state index contributed by atoms with van der Waals surface area (Å²) in [6, 6.07) is 6.08. The van der Waals surface area contributed by atoms with E-state index in [1.807, 2.05) is 0 Å². The van der Waals surface area contributed by atoms with Gasteiger partial charge in [-0.25, -0.2) is 8.42 Å². The second kappa shape index (κ2) is 7.40. The summed E-state index contributed by atoms with van der Waals surface area (Å²) in [6.07, 6.45) is 1.13. The summed E-state index contributed by atoms with van der Waals surface area (Å²) in [4.78, 5) is 14.3. The molecular formula is C14H22N2O3S. The number of nitrogens with zero attached hydrogens (tertiary/aromatic N) is 1. The first-order valence-electron chi connectivity index (χ1n) is 6.69. The lowest BCUT2D eigenvalue weighted by atomic mass is 10.2. The fraction of sp³-hybridized carbons (Fsp3) is 0.500. The van der Waals surface area contributed by atoms with Crippen molar-refractivity contribution < 1.29 is 13.2 Å². The fourth-order valence-electron chi connectivity index (χ4n) is 1.84. The van der Waals surface area contributed by atoms with E-state index < -0.39 is 9.84 Å². The highest BCUT2D eigenvalue weighted by molar-refractivity contribution is 7.90. The van der Waals surface area contributed by atoms with E-state index >= 15 is 0 Å². The van der Waals surface area contributed by atoms with Crippen LogP contribution in [0, 0.1) is 0 Å². The lowest BCUT2D eigenvalue weighted by molar-refractivity contribution is 0.0948. The number of likely N-dealkylation sites (N-methyl/N-ethyl adjacent to an activating group) is 1. The molecule has 0 aliphatic rings. The van der Waals surface area contributed by atoms with Crippen molar-refractivity contribution in [2.24, 2.45) is 0 Å². The molecule has 112 valence electrons. The van der Waals surface area contributed by atoms with Gasteiger partial charge in [-0.3, -0.25) is 4.79 Å². The zero-order valence-corrected chi connectivity index (χ0v) is 13.0. The molecule has 1 aromatic carbocycles. The summed E-state index contributed by atoms with van der Waals surface area (Å²) in [5.41, 5.74) is 0.368. The minimum Gasteiger partial charge on any atom is -0.351 e. The summed E-state index contributed by atoms with van der Waals surface area (Å²) in [6.45, 7) is 7.35. The molecule has 0 heterocycles. The average molecular weight is 298 g/mol. The van der Waals surface area contributed by atoms with E-state index in [1.165, 1.54) is 12.1 Å². The van der Waals surface area contributed by atoms with Gasteiger partial charge in [-0.1, -0.05) is 19.9 Å². The second-order valence-corrected chi connectivity index (χ2v) is 6.60. The summed E-state index contributed by atoms with van der Waals surface area (Å²) in [5.74, 6) is -0.248. The number of hydrogen-bond acceptors (Lipinski definition) is 4. The lowest BCUT2D eigenvalue weighted by Gasteiger charge is -2.18. The Morgan fingerprint density at radius 2 is 1.90 bits per heavy atom. The van der Waals surface area contributed by atoms with Crippen LogP contribution in [-0.2, 0) is 9.84 Å². The third-order valence-electron chi connectivity index (χ3n) is 3.13. The van der Waals surface area contributed by atoms with Crippen LogP contribution >= 0.6 is 0 Å². The van der Waals surface area contributed by atoms with Crippen LogP contribution in [0.4, 0.5) is 0 Å². The smallest absolute Gasteiger partial charge is 0.251 e. The molecule has 0 atom stereocenters. The quantitative estimate of drug-likeness (QED) is 0.820. The van der Waals surface area contributed by atoms with Crippen molar-refractivity contribution in [1.29, 1.82) is 0 Å². The van der Waals surface area contributed by atoms with Gasteiger partial charge in [-0.05, 0) is 31.3 Å². The molecule has 0 bridgehead atoms. The van der Waals surface area contributed by atoms with Crippen LogP contribution < -0.4 is 5.32 Å². The summed E-state index contributed by atoms with van der Waals surface area (Å²) in [7, 11) is -3.29. The molecule has 20 heavy (non-hydrogen) atoms. The highest BCUT2D eigenvalue weighted by Gasteiger charge is 2.11. The van der Waals surface area contributed by atoms with Crippen molar-refractivity contribution >= 4 is 15.7 Å². The van der Waals surface area contributed by atoms with Gasteiger partial charge < -0.3 is 10.2 Å². The molecule has 0 saturated heterocycles. The number of carbonyl (C=O) groups is 1. The van der Waals surface area contributed by atoms with Gasteiger partial charge in [0.05, 0.1) is 4.90 Å². The van der Waals surface area contributed by atoms with Crippen LogP contribution in [-0.4, -0.2) is 51.7 Å². The molecule has 5 nitrogen and oxygen atoms in total. The highest BCUT2D eigenvalue weighted by atomic mass is 32.2. The minimum absolute atomic E-state index is 0.161. The van der Waals surface area contributed by atoms with Gasteiger partial charge in [0.25, 0.3) is 5.91 Å². The Kier molecular flexibility index (Phi) is 6.16. The fourth-order valence-corrected chi connectivity index (χ4v) is 2.50. The zero-order valence-electron chi connectivity index (χ0n) is 12.2. The maximum Gasteiger partial charge on any atom is 0.251 e. The Morgan fingerprint density at radius 1 is 1.25 bits per heavy atom. The third-order valence-corrected chi connectivity index (χ3v) is 4.24. The van der Waals surface area contributed by atoms with E-state index in [-0.39, 0.29) is 10.8 Å². The monoisotopic (exact) mass is 298 g/mol. The number of benzene rings is 1. The van der Waals surface area contributed by atoms with E-state index in [0.717, 1.165) is 25.9 Å². The van der Waals surface area contributed by atoms with Gasteiger partial charge in [-0.15, -0.1) is 0 Å². The molecule has 0 aliphatic heterocycles. The van der Waals surface area contributed by atoms with Crippen molar-refractivity contribution in [2.45, 2.75) is 18.7 Å². The summed E-state index contributed by atoms with van der Waals surface area (Å²) >= 11 is 0. The Hall–Kier alpha value is -1.40. The standard InChI is InChI=1S/C14H22N2O3S/c1-4-16(5-2)10-9-15-14(17)12-7-6-8-13(11-12)20(3,18)19/h6-8,11H,4-5,9-10H2,1-3H3,(H,15,17). The van der Waals surface area contributed by atoms with Gasteiger partial charge in [0.1, 0.15) is 0 Å². The van der Waals surface area contributed by atoms with Gasteiger partial charge in [0.15, 0.2) is 9.84 Å². The van der Waals surface area contributed by atoms with Crippen molar-refractivity contribution in [3.05, 3.63) is 29.8 Å².